The third-order valence-electron chi connectivity index (χ3n) is 11.3. The molecule has 0 spiro atoms. The van der Waals surface area contributed by atoms with Crippen molar-refractivity contribution in [1.82, 2.24) is 0 Å². The zero-order chi connectivity index (χ0) is 41.0. The molecule has 0 heterocycles. The van der Waals surface area contributed by atoms with Crippen LogP contribution in [0.25, 0.3) is 0 Å². The molecule has 0 aromatic rings. The van der Waals surface area contributed by atoms with Crippen LogP contribution >= 0.6 is 0 Å². The van der Waals surface area contributed by atoms with E-state index < -0.39 is 6.10 Å². The van der Waals surface area contributed by atoms with Gasteiger partial charge in [0.15, 0.2) is 6.10 Å². The fourth-order valence-electron chi connectivity index (χ4n) is 7.51. The van der Waals surface area contributed by atoms with Crippen LogP contribution in [0.5, 0.6) is 0 Å². The van der Waals surface area contributed by atoms with Crippen LogP contribution in [0.3, 0.4) is 0 Å². The Morgan fingerprint density at radius 1 is 0.339 bits per heavy atom. The Morgan fingerprint density at radius 2 is 0.589 bits per heavy atom. The summed E-state index contributed by atoms with van der Waals surface area (Å²) in [5, 5.41) is 0. The lowest BCUT2D eigenvalue weighted by Crippen LogP contribution is -2.30. The summed E-state index contributed by atoms with van der Waals surface area (Å²) in [4.78, 5) is 37.8. The van der Waals surface area contributed by atoms with Gasteiger partial charge in [-0.1, -0.05) is 240 Å². The molecule has 0 N–H and O–H groups in total. The van der Waals surface area contributed by atoms with E-state index in [-0.39, 0.29) is 31.1 Å². The molecule has 0 aliphatic rings. The highest BCUT2D eigenvalue weighted by Gasteiger charge is 2.19. The van der Waals surface area contributed by atoms with E-state index in [0.29, 0.717) is 19.3 Å². The number of rotatable bonds is 45. The molecule has 0 fully saturated rings. The minimum Gasteiger partial charge on any atom is -0.462 e. The van der Waals surface area contributed by atoms with Crippen molar-refractivity contribution in [3.8, 4) is 0 Å². The molecule has 0 saturated heterocycles. The fraction of sp³-hybridized carbons (Fsp3) is 0.940. The van der Waals surface area contributed by atoms with Crippen molar-refractivity contribution in [2.75, 3.05) is 13.2 Å². The second-order valence-electron chi connectivity index (χ2n) is 17.6. The van der Waals surface area contributed by atoms with Crippen molar-refractivity contribution < 1.29 is 28.6 Å². The van der Waals surface area contributed by atoms with Gasteiger partial charge in [-0.25, -0.2) is 0 Å². The second-order valence-corrected chi connectivity index (χ2v) is 17.6. The van der Waals surface area contributed by atoms with E-state index in [2.05, 4.69) is 27.7 Å². The Bertz CT molecular complexity index is 841. The standard InChI is InChI=1S/C50H96O6/c1-5-7-9-11-13-15-17-18-19-20-21-22-24-26-30-35-39-43-50(53)56-47(45-55-49(52)42-38-34-31-27-28-32-36-40-46(3)4)44-54-48(51)41-37-33-29-25-23-16-14-12-10-8-6-2/h46-47H,5-45H2,1-4H3/t47-/m0/s1. The number of hydrogen-bond donors (Lipinski definition) is 0. The highest BCUT2D eigenvalue weighted by atomic mass is 16.6. The van der Waals surface area contributed by atoms with Gasteiger partial charge in [-0.2, -0.15) is 0 Å². The Kier molecular flexibility index (Phi) is 43.2. The van der Waals surface area contributed by atoms with E-state index in [4.69, 9.17) is 14.2 Å². The minimum absolute atomic E-state index is 0.0637. The number of ether oxygens (including phenoxy) is 3. The number of unbranched alkanes of at least 4 members (excludes halogenated alkanes) is 32. The highest BCUT2D eigenvalue weighted by molar-refractivity contribution is 5.71. The van der Waals surface area contributed by atoms with Gasteiger partial charge in [-0.15, -0.1) is 0 Å². The van der Waals surface area contributed by atoms with Gasteiger partial charge in [-0.3, -0.25) is 14.4 Å². The summed E-state index contributed by atoms with van der Waals surface area (Å²) in [7, 11) is 0. The van der Waals surface area contributed by atoms with Gasteiger partial charge in [0.05, 0.1) is 0 Å². The first-order chi connectivity index (χ1) is 27.4. The maximum atomic E-state index is 12.8. The van der Waals surface area contributed by atoms with Gasteiger partial charge < -0.3 is 14.2 Å². The summed E-state index contributed by atoms with van der Waals surface area (Å²) in [6.45, 7) is 8.96. The topological polar surface area (TPSA) is 78.9 Å². The summed E-state index contributed by atoms with van der Waals surface area (Å²) < 4.78 is 16.8. The molecule has 0 saturated carbocycles. The van der Waals surface area contributed by atoms with Crippen LogP contribution in [-0.4, -0.2) is 37.2 Å². The molecular weight excluding hydrogens is 697 g/mol. The number of carbonyl (C=O) groups is 3. The molecule has 1 atom stereocenters. The van der Waals surface area contributed by atoms with Crippen LogP contribution in [-0.2, 0) is 28.6 Å². The lowest BCUT2D eigenvalue weighted by Gasteiger charge is -2.18. The van der Waals surface area contributed by atoms with Crippen molar-refractivity contribution in [3.05, 3.63) is 0 Å². The highest BCUT2D eigenvalue weighted by Crippen LogP contribution is 2.17. The molecule has 0 aliphatic carbocycles. The maximum absolute atomic E-state index is 12.8. The van der Waals surface area contributed by atoms with Crippen molar-refractivity contribution in [3.63, 3.8) is 0 Å². The van der Waals surface area contributed by atoms with Gasteiger partial charge in [0.1, 0.15) is 13.2 Å². The predicted octanol–water partition coefficient (Wildman–Crippen LogP) is 15.9. The number of carbonyl (C=O) groups excluding carboxylic acids is 3. The van der Waals surface area contributed by atoms with E-state index in [0.717, 1.165) is 63.7 Å². The largest absolute Gasteiger partial charge is 0.462 e. The molecule has 0 amide bonds. The minimum atomic E-state index is -0.760. The van der Waals surface area contributed by atoms with Crippen molar-refractivity contribution in [2.24, 2.45) is 5.92 Å². The SMILES string of the molecule is CCCCCCCCCCCCCCCCCCCC(=O)O[C@@H](COC(=O)CCCCCCCCCCCCC)COC(=O)CCCCCCCCCC(C)C. The molecule has 0 aromatic heterocycles. The van der Waals surface area contributed by atoms with Gasteiger partial charge in [0.2, 0.25) is 0 Å². The first-order valence-corrected chi connectivity index (χ1v) is 24.9. The van der Waals surface area contributed by atoms with E-state index in [9.17, 15) is 14.4 Å². The van der Waals surface area contributed by atoms with Crippen molar-refractivity contribution >= 4 is 17.9 Å². The van der Waals surface area contributed by atoms with E-state index in [1.54, 1.807) is 0 Å². The summed E-state index contributed by atoms with van der Waals surface area (Å²) in [6.07, 6.45) is 45.2. The van der Waals surface area contributed by atoms with E-state index in [1.807, 2.05) is 0 Å². The molecule has 6 nitrogen and oxygen atoms in total. The van der Waals surface area contributed by atoms with Crippen LogP contribution in [0.15, 0.2) is 0 Å². The van der Waals surface area contributed by atoms with Gasteiger partial charge in [0.25, 0.3) is 0 Å². The average Bonchev–Trinajstić information content (AvgIpc) is 3.18. The molecular formula is C50H96O6. The lowest BCUT2D eigenvalue weighted by molar-refractivity contribution is -0.167. The zero-order valence-corrected chi connectivity index (χ0v) is 38.1. The monoisotopic (exact) mass is 793 g/mol. The summed E-state index contributed by atoms with van der Waals surface area (Å²) in [6, 6.07) is 0. The molecule has 0 aromatic carbocycles. The van der Waals surface area contributed by atoms with E-state index >= 15 is 0 Å². The van der Waals surface area contributed by atoms with Crippen molar-refractivity contribution in [2.45, 2.75) is 284 Å². The van der Waals surface area contributed by atoms with Gasteiger partial charge in [0, 0.05) is 19.3 Å². The van der Waals surface area contributed by atoms with Crippen LogP contribution < -0.4 is 0 Å². The molecule has 56 heavy (non-hydrogen) atoms. The molecule has 0 unspecified atom stereocenters. The Balaban J connectivity index is 4.27. The third-order valence-corrected chi connectivity index (χ3v) is 11.3. The van der Waals surface area contributed by atoms with Crippen LogP contribution in [0.4, 0.5) is 0 Å². The first kappa shape index (κ1) is 54.4. The summed E-state index contributed by atoms with van der Waals surface area (Å²) in [5.74, 6) is -0.0696. The Morgan fingerprint density at radius 3 is 0.875 bits per heavy atom. The second kappa shape index (κ2) is 44.5. The predicted molar refractivity (Wildman–Crippen MR) is 238 cm³/mol. The number of esters is 3. The summed E-state index contributed by atoms with van der Waals surface area (Å²) >= 11 is 0. The Hall–Kier alpha value is -1.59. The van der Waals surface area contributed by atoms with Crippen LogP contribution in [0.1, 0.15) is 278 Å². The van der Waals surface area contributed by atoms with E-state index in [1.165, 1.54) is 173 Å². The first-order valence-electron chi connectivity index (χ1n) is 24.9. The van der Waals surface area contributed by atoms with Gasteiger partial charge >= 0.3 is 17.9 Å². The molecule has 332 valence electrons. The quantitative estimate of drug-likeness (QED) is 0.0347. The van der Waals surface area contributed by atoms with Crippen LogP contribution in [0.2, 0.25) is 0 Å². The normalized spacial score (nSPS) is 11.9. The molecule has 0 bridgehead atoms. The molecule has 0 radical (unpaired) electrons. The maximum Gasteiger partial charge on any atom is 0.306 e. The van der Waals surface area contributed by atoms with Crippen LogP contribution in [0, 0.1) is 5.92 Å². The smallest absolute Gasteiger partial charge is 0.306 e. The Labute approximate surface area is 348 Å². The number of hydrogen-bond acceptors (Lipinski definition) is 6. The zero-order valence-electron chi connectivity index (χ0n) is 38.1. The molecule has 0 rings (SSSR count). The average molecular weight is 793 g/mol. The fourth-order valence-corrected chi connectivity index (χ4v) is 7.51. The van der Waals surface area contributed by atoms with Crippen molar-refractivity contribution in [1.29, 1.82) is 0 Å². The van der Waals surface area contributed by atoms with Gasteiger partial charge in [-0.05, 0) is 25.2 Å². The third kappa shape index (κ3) is 43.5. The molecule has 6 heteroatoms. The molecule has 0 aliphatic heterocycles. The summed E-state index contributed by atoms with van der Waals surface area (Å²) in [5.41, 5.74) is 0. The lowest BCUT2D eigenvalue weighted by atomic mass is 10.0.